The Hall–Kier alpha value is -0.790. The lowest BCUT2D eigenvalue weighted by molar-refractivity contribution is -0.140. The molecule has 2 nitrogen and oxygen atoms in total. The summed E-state index contributed by atoms with van der Waals surface area (Å²) in [6.07, 6.45) is 2.94. The molecule has 0 aliphatic carbocycles. The lowest BCUT2D eigenvalue weighted by Crippen LogP contribution is -2.01. The molecule has 0 N–H and O–H groups in total. The Balaban J connectivity index is 3.24. The number of hydrogen-bond acceptors (Lipinski definition) is 2. The molecule has 0 bridgehead atoms. The average Bonchev–Trinajstić information content (AvgIpc) is 1.87. The molecule has 0 aliphatic rings. The molecule has 0 saturated heterocycles. The molecule has 0 aromatic rings. The number of esters is 1. The van der Waals surface area contributed by atoms with E-state index in [2.05, 4.69) is 13.5 Å². The van der Waals surface area contributed by atoms with Crippen LogP contribution in [0.1, 0.15) is 33.1 Å². The van der Waals surface area contributed by atoms with Gasteiger partial charge in [-0.3, -0.25) is 4.79 Å². The van der Waals surface area contributed by atoms with E-state index in [9.17, 15) is 4.79 Å². The third-order valence-corrected chi connectivity index (χ3v) is 1.36. The van der Waals surface area contributed by atoms with Crippen LogP contribution in [0.4, 0.5) is 0 Å². The van der Waals surface area contributed by atoms with Crippen LogP contribution in [0.2, 0.25) is 0 Å². The van der Waals surface area contributed by atoms with E-state index >= 15 is 0 Å². The highest BCUT2D eigenvalue weighted by Gasteiger charge is 1.95. The maximum absolute atomic E-state index is 10.3. The van der Waals surface area contributed by atoms with Crippen LogP contribution in [0.3, 0.4) is 0 Å². The molecule has 0 amide bonds. The smallest absolute Gasteiger partial charge is 0.302 e. The van der Waals surface area contributed by atoms with Gasteiger partial charge in [-0.2, -0.15) is 0 Å². The second-order valence-corrected chi connectivity index (χ2v) is 2.59. The predicted octanol–water partition coefficient (Wildman–Crippen LogP) is 2.30. The van der Waals surface area contributed by atoms with E-state index in [1.165, 1.54) is 6.92 Å². The molecule has 0 fully saturated rings. The molecule has 0 heterocycles. The minimum absolute atomic E-state index is 0.214. The summed E-state index contributed by atoms with van der Waals surface area (Å²) in [4.78, 5) is 10.3. The molecular formula is C9H16O2. The molecule has 0 rings (SSSR count). The fraction of sp³-hybridized carbons (Fsp3) is 0.667. The van der Waals surface area contributed by atoms with Gasteiger partial charge in [0.2, 0.25) is 0 Å². The molecule has 0 radical (unpaired) electrons. The lowest BCUT2D eigenvalue weighted by atomic mass is 10.1. The third kappa shape index (κ3) is 7.10. The Morgan fingerprint density at radius 3 is 2.55 bits per heavy atom. The second kappa shape index (κ2) is 5.96. The molecule has 0 aromatic heterocycles. The van der Waals surface area contributed by atoms with E-state index in [-0.39, 0.29) is 5.97 Å². The summed E-state index contributed by atoms with van der Waals surface area (Å²) in [7, 11) is 0. The van der Waals surface area contributed by atoms with Gasteiger partial charge < -0.3 is 4.74 Å². The average molecular weight is 156 g/mol. The second-order valence-electron chi connectivity index (χ2n) is 2.59. The van der Waals surface area contributed by atoms with E-state index in [0.29, 0.717) is 6.61 Å². The number of ether oxygens (including phenoxy) is 1. The van der Waals surface area contributed by atoms with Crippen molar-refractivity contribution in [1.29, 1.82) is 0 Å². The molecule has 0 spiro atoms. The maximum atomic E-state index is 10.3. The zero-order chi connectivity index (χ0) is 8.69. The fourth-order valence-electron chi connectivity index (χ4n) is 0.818. The van der Waals surface area contributed by atoms with Crippen LogP contribution < -0.4 is 0 Å². The first-order chi connectivity index (χ1) is 5.16. The summed E-state index contributed by atoms with van der Waals surface area (Å²) in [6, 6.07) is 0. The number of hydrogen-bond donors (Lipinski definition) is 0. The van der Waals surface area contributed by atoms with Gasteiger partial charge >= 0.3 is 5.97 Å². The molecule has 0 unspecified atom stereocenters. The largest absolute Gasteiger partial charge is 0.466 e. The number of carbonyl (C=O) groups is 1. The molecule has 0 aliphatic heterocycles. The highest BCUT2D eigenvalue weighted by Crippen LogP contribution is 2.06. The van der Waals surface area contributed by atoms with Crippen molar-refractivity contribution in [3.05, 3.63) is 12.2 Å². The van der Waals surface area contributed by atoms with E-state index in [1.807, 2.05) is 0 Å². The van der Waals surface area contributed by atoms with Crippen molar-refractivity contribution >= 4 is 5.97 Å². The van der Waals surface area contributed by atoms with Crippen LogP contribution in [0.25, 0.3) is 0 Å². The van der Waals surface area contributed by atoms with Gasteiger partial charge in [-0.25, -0.2) is 0 Å². The van der Waals surface area contributed by atoms with Crippen molar-refractivity contribution in [3.8, 4) is 0 Å². The SMILES string of the molecule is C=C(CCC)CCOC(C)=O. The third-order valence-electron chi connectivity index (χ3n) is 1.36. The molecule has 11 heavy (non-hydrogen) atoms. The first-order valence-corrected chi connectivity index (χ1v) is 3.96. The highest BCUT2D eigenvalue weighted by molar-refractivity contribution is 5.65. The van der Waals surface area contributed by atoms with Gasteiger partial charge in [-0.15, -0.1) is 0 Å². The quantitative estimate of drug-likeness (QED) is 0.451. The summed E-state index contributed by atoms with van der Waals surface area (Å²) in [6.45, 7) is 7.86. The Morgan fingerprint density at radius 2 is 2.09 bits per heavy atom. The summed E-state index contributed by atoms with van der Waals surface area (Å²) >= 11 is 0. The van der Waals surface area contributed by atoms with Crippen LogP contribution >= 0.6 is 0 Å². The zero-order valence-electron chi connectivity index (χ0n) is 7.35. The van der Waals surface area contributed by atoms with Crippen LogP contribution in [-0.4, -0.2) is 12.6 Å². The van der Waals surface area contributed by atoms with Crippen molar-refractivity contribution < 1.29 is 9.53 Å². The molecule has 0 saturated carbocycles. The van der Waals surface area contributed by atoms with Crippen molar-refractivity contribution in [2.45, 2.75) is 33.1 Å². The summed E-state index contributed by atoms with van der Waals surface area (Å²) in [5, 5.41) is 0. The van der Waals surface area contributed by atoms with Crippen LogP contribution in [0.15, 0.2) is 12.2 Å². The van der Waals surface area contributed by atoms with Gasteiger partial charge in [-0.1, -0.05) is 25.5 Å². The predicted molar refractivity (Wildman–Crippen MR) is 45.3 cm³/mol. The minimum Gasteiger partial charge on any atom is -0.466 e. The number of rotatable bonds is 5. The van der Waals surface area contributed by atoms with Crippen molar-refractivity contribution in [2.24, 2.45) is 0 Å². The maximum Gasteiger partial charge on any atom is 0.302 e. The monoisotopic (exact) mass is 156 g/mol. The first-order valence-electron chi connectivity index (χ1n) is 3.96. The molecular weight excluding hydrogens is 140 g/mol. The van der Waals surface area contributed by atoms with Gasteiger partial charge in [0.15, 0.2) is 0 Å². The molecule has 2 heteroatoms. The standard InChI is InChI=1S/C9H16O2/c1-4-5-8(2)6-7-11-9(3)10/h2,4-7H2,1,3H3. The normalized spacial score (nSPS) is 9.27. The van der Waals surface area contributed by atoms with E-state index in [1.54, 1.807) is 0 Å². The Kier molecular flexibility index (Phi) is 5.53. The van der Waals surface area contributed by atoms with Gasteiger partial charge in [-0.05, 0) is 6.42 Å². The molecule has 0 atom stereocenters. The minimum atomic E-state index is -0.214. The van der Waals surface area contributed by atoms with Crippen molar-refractivity contribution in [1.82, 2.24) is 0 Å². The van der Waals surface area contributed by atoms with Gasteiger partial charge in [0, 0.05) is 13.3 Å². The van der Waals surface area contributed by atoms with Crippen molar-refractivity contribution in [3.63, 3.8) is 0 Å². The van der Waals surface area contributed by atoms with E-state index in [4.69, 9.17) is 4.74 Å². The zero-order valence-corrected chi connectivity index (χ0v) is 7.35. The summed E-state index contributed by atoms with van der Waals surface area (Å²) in [5.74, 6) is -0.214. The Labute approximate surface area is 68.2 Å². The topological polar surface area (TPSA) is 26.3 Å². The van der Waals surface area contributed by atoms with E-state index in [0.717, 1.165) is 24.8 Å². The lowest BCUT2D eigenvalue weighted by Gasteiger charge is -2.03. The molecule has 0 aromatic carbocycles. The summed E-state index contributed by atoms with van der Waals surface area (Å²) < 4.78 is 4.76. The summed E-state index contributed by atoms with van der Waals surface area (Å²) in [5.41, 5.74) is 1.16. The van der Waals surface area contributed by atoms with Gasteiger partial charge in [0.25, 0.3) is 0 Å². The Bertz CT molecular complexity index is 138. The first kappa shape index (κ1) is 10.2. The van der Waals surface area contributed by atoms with E-state index < -0.39 is 0 Å². The fourth-order valence-corrected chi connectivity index (χ4v) is 0.818. The number of carbonyl (C=O) groups excluding carboxylic acids is 1. The Morgan fingerprint density at radius 1 is 1.45 bits per heavy atom. The highest BCUT2D eigenvalue weighted by atomic mass is 16.5. The van der Waals surface area contributed by atoms with Crippen LogP contribution in [0.5, 0.6) is 0 Å². The molecule has 64 valence electrons. The van der Waals surface area contributed by atoms with Gasteiger partial charge in [0.05, 0.1) is 6.61 Å². The van der Waals surface area contributed by atoms with Crippen molar-refractivity contribution in [2.75, 3.05) is 6.61 Å². The van der Waals surface area contributed by atoms with Crippen LogP contribution in [-0.2, 0) is 9.53 Å². The van der Waals surface area contributed by atoms with Crippen LogP contribution in [0, 0.1) is 0 Å². The van der Waals surface area contributed by atoms with Gasteiger partial charge in [0.1, 0.15) is 0 Å².